The zero-order chi connectivity index (χ0) is 15.7. The molecule has 0 fully saturated rings. The average Bonchev–Trinajstić information content (AvgIpc) is 2.73. The summed E-state index contributed by atoms with van der Waals surface area (Å²) in [6.45, 7) is 1.69. The van der Waals surface area contributed by atoms with Crippen molar-refractivity contribution < 1.29 is 14.0 Å². The number of nitrogens with zero attached hydrogens (tertiary/aromatic N) is 1. The third kappa shape index (κ3) is 2.80. The van der Waals surface area contributed by atoms with Crippen LogP contribution in [0.3, 0.4) is 0 Å². The van der Waals surface area contributed by atoms with Gasteiger partial charge in [-0.2, -0.15) is 0 Å². The van der Waals surface area contributed by atoms with Gasteiger partial charge in [-0.05, 0) is 36.8 Å². The average molecular weight is 306 g/mol. The largest absolute Gasteiger partial charge is 0.390 e. The first-order valence-corrected chi connectivity index (χ1v) is 7.05. The Kier molecular flexibility index (Phi) is 4.09. The molecule has 2 N–H and O–H groups in total. The molecular formula is C15H15FN2O2S. The molecule has 1 aromatic heterocycles. The molecule has 1 amide bonds. The summed E-state index contributed by atoms with van der Waals surface area (Å²) < 4.78 is 12.9. The zero-order valence-corrected chi connectivity index (χ0v) is 12.8. The van der Waals surface area contributed by atoms with E-state index in [-0.39, 0.29) is 11.7 Å². The normalized spacial score (nSPS) is 10.5. The SMILES string of the molecule is Cc1c(C(=O)N(C)C)sc(N)c1C(=O)c1ccc(F)cc1. The van der Waals surface area contributed by atoms with Crippen LogP contribution >= 0.6 is 11.3 Å². The molecule has 110 valence electrons. The number of carbonyl (C=O) groups excluding carboxylic acids is 2. The number of nitrogen functional groups attached to an aromatic ring is 1. The number of nitrogens with two attached hydrogens (primary N) is 1. The van der Waals surface area contributed by atoms with Gasteiger partial charge >= 0.3 is 0 Å². The van der Waals surface area contributed by atoms with Gasteiger partial charge in [0.05, 0.1) is 15.4 Å². The highest BCUT2D eigenvalue weighted by molar-refractivity contribution is 7.18. The molecule has 0 bridgehead atoms. The molecule has 21 heavy (non-hydrogen) atoms. The van der Waals surface area contributed by atoms with Crippen LogP contribution < -0.4 is 5.73 Å². The summed E-state index contributed by atoms with van der Waals surface area (Å²) in [5, 5.41) is 0.298. The molecule has 2 rings (SSSR count). The number of benzene rings is 1. The number of rotatable bonds is 3. The fourth-order valence-corrected chi connectivity index (χ4v) is 3.06. The van der Waals surface area contributed by atoms with Gasteiger partial charge in [0.2, 0.25) is 0 Å². The van der Waals surface area contributed by atoms with Crippen molar-refractivity contribution in [3.05, 3.63) is 51.7 Å². The molecule has 0 saturated carbocycles. The number of anilines is 1. The minimum absolute atomic E-state index is 0.192. The highest BCUT2D eigenvalue weighted by Gasteiger charge is 2.24. The summed E-state index contributed by atoms with van der Waals surface area (Å²) in [6, 6.07) is 5.25. The monoisotopic (exact) mass is 306 g/mol. The van der Waals surface area contributed by atoms with E-state index in [0.29, 0.717) is 26.6 Å². The van der Waals surface area contributed by atoms with Gasteiger partial charge in [0.15, 0.2) is 5.78 Å². The van der Waals surface area contributed by atoms with E-state index in [4.69, 9.17) is 5.73 Å². The van der Waals surface area contributed by atoms with Crippen molar-refractivity contribution in [2.24, 2.45) is 0 Å². The minimum Gasteiger partial charge on any atom is -0.390 e. The van der Waals surface area contributed by atoms with Crippen LogP contribution in [0.25, 0.3) is 0 Å². The van der Waals surface area contributed by atoms with Crippen molar-refractivity contribution in [1.29, 1.82) is 0 Å². The van der Waals surface area contributed by atoms with E-state index < -0.39 is 5.82 Å². The second kappa shape index (κ2) is 5.65. The maximum atomic E-state index is 12.9. The predicted molar refractivity (Wildman–Crippen MR) is 81.3 cm³/mol. The van der Waals surface area contributed by atoms with Gasteiger partial charge < -0.3 is 10.6 Å². The van der Waals surface area contributed by atoms with Crippen molar-refractivity contribution in [2.75, 3.05) is 19.8 Å². The van der Waals surface area contributed by atoms with Crippen LogP contribution in [-0.4, -0.2) is 30.7 Å². The van der Waals surface area contributed by atoms with E-state index >= 15 is 0 Å². The summed E-state index contributed by atoms with van der Waals surface area (Å²) in [7, 11) is 3.28. The second-order valence-corrected chi connectivity index (χ2v) is 5.88. The molecule has 6 heteroatoms. The van der Waals surface area contributed by atoms with Gasteiger partial charge in [-0.3, -0.25) is 9.59 Å². The van der Waals surface area contributed by atoms with E-state index in [1.54, 1.807) is 21.0 Å². The van der Waals surface area contributed by atoms with Crippen LogP contribution in [0.5, 0.6) is 0 Å². The van der Waals surface area contributed by atoms with Gasteiger partial charge in [-0.1, -0.05) is 0 Å². The van der Waals surface area contributed by atoms with Crippen molar-refractivity contribution in [1.82, 2.24) is 4.90 Å². The summed E-state index contributed by atoms with van der Waals surface area (Å²) in [5.74, 6) is -0.911. The van der Waals surface area contributed by atoms with Gasteiger partial charge in [0, 0.05) is 19.7 Å². The number of hydrogen-bond acceptors (Lipinski definition) is 4. The van der Waals surface area contributed by atoms with E-state index in [1.807, 2.05) is 0 Å². The molecule has 0 aliphatic heterocycles. The van der Waals surface area contributed by atoms with Gasteiger partial charge in [0.25, 0.3) is 5.91 Å². The summed E-state index contributed by atoms with van der Waals surface area (Å²) in [4.78, 5) is 26.4. The molecular weight excluding hydrogens is 291 g/mol. The van der Waals surface area contributed by atoms with E-state index in [1.165, 1.54) is 29.2 Å². The number of halogens is 1. The Labute approximate surface area is 126 Å². The lowest BCUT2D eigenvalue weighted by molar-refractivity contribution is 0.0831. The van der Waals surface area contributed by atoms with Gasteiger partial charge in [-0.25, -0.2) is 4.39 Å². The Morgan fingerprint density at radius 3 is 2.29 bits per heavy atom. The fraction of sp³-hybridized carbons (Fsp3) is 0.200. The molecule has 2 aromatic rings. The third-order valence-electron chi connectivity index (χ3n) is 3.11. The number of carbonyl (C=O) groups is 2. The smallest absolute Gasteiger partial charge is 0.263 e. The number of hydrogen-bond donors (Lipinski definition) is 1. The molecule has 1 aromatic carbocycles. The first-order valence-electron chi connectivity index (χ1n) is 6.23. The summed E-state index contributed by atoms with van der Waals surface area (Å²) >= 11 is 1.10. The highest BCUT2D eigenvalue weighted by Crippen LogP contribution is 2.32. The Balaban J connectivity index is 2.47. The molecule has 1 heterocycles. The Morgan fingerprint density at radius 1 is 1.19 bits per heavy atom. The molecule has 0 unspecified atom stereocenters. The molecule has 0 saturated heterocycles. The molecule has 4 nitrogen and oxygen atoms in total. The Hall–Kier alpha value is -2.21. The molecule has 0 aliphatic rings. The lowest BCUT2D eigenvalue weighted by Gasteiger charge is -2.09. The van der Waals surface area contributed by atoms with Crippen LogP contribution in [-0.2, 0) is 0 Å². The molecule has 0 spiro atoms. The minimum atomic E-state index is -0.412. The third-order valence-corrected chi connectivity index (χ3v) is 4.22. The van der Waals surface area contributed by atoms with Crippen molar-refractivity contribution in [3.63, 3.8) is 0 Å². The molecule has 0 radical (unpaired) electrons. The highest BCUT2D eigenvalue weighted by atomic mass is 32.1. The number of thiophene rings is 1. The van der Waals surface area contributed by atoms with Crippen molar-refractivity contribution in [3.8, 4) is 0 Å². The molecule has 0 atom stereocenters. The van der Waals surface area contributed by atoms with E-state index in [9.17, 15) is 14.0 Å². The van der Waals surface area contributed by atoms with Gasteiger partial charge in [0.1, 0.15) is 5.82 Å². The second-order valence-electron chi connectivity index (χ2n) is 4.83. The maximum absolute atomic E-state index is 12.9. The maximum Gasteiger partial charge on any atom is 0.263 e. The standard InChI is InChI=1S/C15H15FN2O2S/c1-8-11(12(19)9-4-6-10(16)7-5-9)14(17)21-13(8)15(20)18(2)3/h4-7H,17H2,1-3H3. The first-order chi connectivity index (χ1) is 9.82. The lowest BCUT2D eigenvalue weighted by Crippen LogP contribution is -2.21. The quantitative estimate of drug-likeness (QED) is 0.887. The van der Waals surface area contributed by atoms with Crippen molar-refractivity contribution in [2.45, 2.75) is 6.92 Å². The van der Waals surface area contributed by atoms with Gasteiger partial charge in [-0.15, -0.1) is 11.3 Å². The zero-order valence-electron chi connectivity index (χ0n) is 11.9. The predicted octanol–water partition coefficient (Wildman–Crippen LogP) is 2.71. The van der Waals surface area contributed by atoms with E-state index in [0.717, 1.165) is 11.3 Å². The Bertz CT molecular complexity index is 705. The van der Waals surface area contributed by atoms with Crippen molar-refractivity contribution >= 4 is 28.0 Å². The van der Waals surface area contributed by atoms with Crippen LogP contribution in [0.1, 0.15) is 31.2 Å². The van der Waals surface area contributed by atoms with Crippen LogP contribution in [0.2, 0.25) is 0 Å². The number of ketones is 1. The topological polar surface area (TPSA) is 63.4 Å². The van der Waals surface area contributed by atoms with Crippen LogP contribution in [0.4, 0.5) is 9.39 Å². The fourth-order valence-electron chi connectivity index (χ4n) is 1.97. The Morgan fingerprint density at radius 2 is 1.76 bits per heavy atom. The molecule has 0 aliphatic carbocycles. The first kappa shape index (κ1) is 15.2. The van der Waals surface area contributed by atoms with E-state index in [2.05, 4.69) is 0 Å². The number of amides is 1. The lowest BCUT2D eigenvalue weighted by atomic mass is 10.0. The van der Waals surface area contributed by atoms with Crippen LogP contribution in [0, 0.1) is 12.7 Å². The summed E-state index contributed by atoms with van der Waals surface area (Å²) in [5.41, 5.74) is 7.12. The van der Waals surface area contributed by atoms with Crippen LogP contribution in [0.15, 0.2) is 24.3 Å². The summed E-state index contributed by atoms with van der Waals surface area (Å²) in [6.07, 6.45) is 0.